The summed E-state index contributed by atoms with van der Waals surface area (Å²) in [5, 5.41) is 3.70. The number of piperazine rings is 1. The zero-order valence-corrected chi connectivity index (χ0v) is 16.6. The van der Waals surface area contributed by atoms with Gasteiger partial charge in [-0.2, -0.15) is 0 Å². The van der Waals surface area contributed by atoms with E-state index in [4.69, 9.17) is 11.6 Å². The van der Waals surface area contributed by atoms with Crippen LogP contribution in [0.25, 0.3) is 11.1 Å². The molecule has 1 heterocycles. The van der Waals surface area contributed by atoms with Crippen molar-refractivity contribution in [3.05, 3.63) is 79.8 Å². The Balaban J connectivity index is 1.31. The molecule has 3 aromatic rings. The monoisotopic (exact) mass is 413 g/mol. The predicted molar refractivity (Wildman–Crippen MR) is 115 cm³/mol. The van der Waals surface area contributed by atoms with Gasteiger partial charge in [0.1, 0.15) is 5.82 Å². The fourth-order valence-corrected chi connectivity index (χ4v) is 3.84. The molecule has 29 heavy (non-hydrogen) atoms. The third-order valence-corrected chi connectivity index (χ3v) is 5.59. The van der Waals surface area contributed by atoms with Crippen molar-refractivity contribution in [2.45, 2.75) is 0 Å². The van der Waals surface area contributed by atoms with Crippen LogP contribution in [0.5, 0.6) is 0 Å². The molecule has 0 atom stereocenters. The highest BCUT2D eigenvalue weighted by molar-refractivity contribution is 6.30. The number of para-hydroxylation sites is 1. The van der Waals surface area contributed by atoms with Crippen LogP contribution in [0.2, 0.25) is 5.02 Å². The number of nitrogens with zero attached hydrogens (tertiary/aromatic N) is 2. The first-order valence-electron chi connectivity index (χ1n) is 9.59. The Labute approximate surface area is 173 Å². The van der Waals surface area contributed by atoms with E-state index in [0.717, 1.165) is 32.7 Å². The summed E-state index contributed by atoms with van der Waals surface area (Å²) < 4.78 is 13.9. The van der Waals surface area contributed by atoms with Crippen LogP contribution in [0.4, 0.5) is 15.8 Å². The summed E-state index contributed by atoms with van der Waals surface area (Å²) in [6.45, 7) is 4.42. The van der Waals surface area contributed by atoms with Gasteiger partial charge < -0.3 is 10.2 Å². The maximum Gasteiger partial charge on any atom is 0.250 e. The van der Waals surface area contributed by atoms with Crippen molar-refractivity contribution in [1.82, 2.24) is 4.90 Å². The normalized spacial score (nSPS) is 15.0. The molecule has 0 radical (unpaired) electrons. The summed E-state index contributed by atoms with van der Waals surface area (Å²) in [5.41, 5.74) is 1.20. The number of hydrogen-bond acceptors (Lipinski definition) is 5. The van der Waals surface area contributed by atoms with Crippen LogP contribution in [0.1, 0.15) is 0 Å². The second-order valence-electron chi connectivity index (χ2n) is 7.12. The Hall–Kier alpha value is -2.70. The van der Waals surface area contributed by atoms with Crippen LogP contribution in [0.15, 0.2) is 58.1 Å². The molecule has 0 amide bonds. The highest BCUT2D eigenvalue weighted by Crippen LogP contribution is 2.25. The fraction of sp³-hybridized carbons (Fsp3) is 0.273. The molecule has 0 unspecified atom stereocenters. The molecule has 0 saturated carbocycles. The molecule has 0 aliphatic carbocycles. The van der Waals surface area contributed by atoms with E-state index in [2.05, 4.69) is 15.1 Å². The lowest BCUT2D eigenvalue weighted by Gasteiger charge is -2.36. The lowest BCUT2D eigenvalue weighted by atomic mass is 9.98. The zero-order valence-electron chi connectivity index (χ0n) is 15.8. The van der Waals surface area contributed by atoms with E-state index in [1.54, 1.807) is 36.4 Å². The molecule has 4 rings (SSSR count). The highest BCUT2D eigenvalue weighted by atomic mass is 35.5. The molecular weight excluding hydrogens is 393 g/mol. The van der Waals surface area contributed by atoms with Crippen molar-refractivity contribution < 1.29 is 4.39 Å². The second kappa shape index (κ2) is 8.35. The lowest BCUT2D eigenvalue weighted by molar-refractivity contribution is 0.266. The third kappa shape index (κ3) is 4.04. The van der Waals surface area contributed by atoms with Crippen LogP contribution >= 0.6 is 11.6 Å². The molecule has 5 nitrogen and oxygen atoms in total. The number of nitrogens with one attached hydrogen (secondary N) is 1. The Morgan fingerprint density at radius 1 is 0.931 bits per heavy atom. The van der Waals surface area contributed by atoms with Crippen molar-refractivity contribution in [1.29, 1.82) is 0 Å². The molecule has 7 heteroatoms. The van der Waals surface area contributed by atoms with Crippen LogP contribution in [-0.2, 0) is 0 Å². The number of hydrogen-bond donors (Lipinski definition) is 1. The summed E-state index contributed by atoms with van der Waals surface area (Å²) >= 11 is 5.89. The lowest BCUT2D eigenvalue weighted by Crippen LogP contribution is -2.48. The molecule has 0 bridgehead atoms. The van der Waals surface area contributed by atoms with Gasteiger partial charge in [0.05, 0.1) is 16.9 Å². The van der Waals surface area contributed by atoms with E-state index in [1.165, 1.54) is 6.07 Å². The van der Waals surface area contributed by atoms with Gasteiger partial charge in [0.2, 0.25) is 10.9 Å². The topological polar surface area (TPSA) is 52.7 Å². The average Bonchev–Trinajstić information content (AvgIpc) is 2.75. The standard InChI is InChI=1S/C22H21ClFN3O2/c23-16-7-5-15(6-8-16)19-20(22(29)21(19)28)25-9-10-26-11-13-27(14-12-26)18-4-2-1-3-17(18)24/h1-8,25H,9-14H2. The van der Waals surface area contributed by atoms with Gasteiger partial charge in [0.25, 0.3) is 0 Å². The second-order valence-corrected chi connectivity index (χ2v) is 7.56. The van der Waals surface area contributed by atoms with E-state index >= 15 is 0 Å². The Bertz CT molecular complexity index is 1070. The first-order valence-corrected chi connectivity index (χ1v) is 9.97. The molecule has 150 valence electrons. The molecule has 0 spiro atoms. The van der Waals surface area contributed by atoms with Crippen molar-refractivity contribution >= 4 is 23.0 Å². The van der Waals surface area contributed by atoms with E-state index in [0.29, 0.717) is 34.1 Å². The van der Waals surface area contributed by atoms with Crippen LogP contribution < -0.4 is 21.1 Å². The smallest absolute Gasteiger partial charge is 0.250 e. The SMILES string of the molecule is O=c1c(NCCN2CCN(c3ccccc3F)CC2)c(-c2ccc(Cl)cc2)c1=O. The maximum absolute atomic E-state index is 13.9. The molecule has 1 fully saturated rings. The van der Waals surface area contributed by atoms with Gasteiger partial charge in [-0.15, -0.1) is 0 Å². The average molecular weight is 414 g/mol. The quantitative estimate of drug-likeness (QED) is 0.630. The Morgan fingerprint density at radius 3 is 2.31 bits per heavy atom. The van der Waals surface area contributed by atoms with E-state index in [-0.39, 0.29) is 5.82 Å². The predicted octanol–water partition coefficient (Wildman–Crippen LogP) is 2.98. The number of halogens is 2. The van der Waals surface area contributed by atoms with Crippen LogP contribution in [-0.4, -0.2) is 44.2 Å². The number of anilines is 2. The van der Waals surface area contributed by atoms with Gasteiger partial charge in [-0.05, 0) is 29.8 Å². The summed E-state index contributed by atoms with van der Waals surface area (Å²) in [5.74, 6) is -0.197. The zero-order chi connectivity index (χ0) is 20.4. The largest absolute Gasteiger partial charge is 0.380 e. The van der Waals surface area contributed by atoms with Gasteiger partial charge in [-0.1, -0.05) is 35.9 Å². The van der Waals surface area contributed by atoms with Crippen molar-refractivity contribution in [2.75, 3.05) is 49.5 Å². The molecule has 1 aliphatic heterocycles. The summed E-state index contributed by atoms with van der Waals surface area (Å²) in [7, 11) is 0. The molecule has 3 aromatic carbocycles. The number of rotatable bonds is 6. The molecule has 1 N–H and O–H groups in total. The Morgan fingerprint density at radius 2 is 1.62 bits per heavy atom. The molecule has 0 aromatic heterocycles. The van der Waals surface area contributed by atoms with E-state index in [9.17, 15) is 14.0 Å². The van der Waals surface area contributed by atoms with Crippen LogP contribution in [0.3, 0.4) is 0 Å². The molecule has 1 saturated heterocycles. The third-order valence-electron chi connectivity index (χ3n) is 5.34. The van der Waals surface area contributed by atoms with Gasteiger partial charge in [0, 0.05) is 44.3 Å². The fourth-order valence-electron chi connectivity index (χ4n) is 3.71. The highest BCUT2D eigenvalue weighted by Gasteiger charge is 2.23. The maximum atomic E-state index is 13.9. The minimum Gasteiger partial charge on any atom is -0.380 e. The number of benzene rings is 2. The van der Waals surface area contributed by atoms with E-state index in [1.807, 2.05) is 6.07 Å². The van der Waals surface area contributed by atoms with Gasteiger partial charge >= 0.3 is 0 Å². The van der Waals surface area contributed by atoms with Gasteiger partial charge in [0.15, 0.2) is 0 Å². The van der Waals surface area contributed by atoms with Crippen LogP contribution in [0, 0.1) is 5.82 Å². The summed E-state index contributed by atoms with van der Waals surface area (Å²) in [6, 6.07) is 13.7. The summed E-state index contributed by atoms with van der Waals surface area (Å²) in [4.78, 5) is 28.3. The first-order chi connectivity index (χ1) is 14.0. The molecular formula is C22H21ClFN3O2. The minimum absolute atomic E-state index is 0.197. The van der Waals surface area contributed by atoms with Crippen molar-refractivity contribution in [2.24, 2.45) is 0 Å². The summed E-state index contributed by atoms with van der Waals surface area (Å²) in [6.07, 6.45) is 0. The van der Waals surface area contributed by atoms with Crippen molar-refractivity contribution in [3.63, 3.8) is 0 Å². The Kier molecular flexibility index (Phi) is 5.65. The van der Waals surface area contributed by atoms with Crippen molar-refractivity contribution in [3.8, 4) is 11.1 Å². The van der Waals surface area contributed by atoms with E-state index < -0.39 is 10.9 Å². The van der Waals surface area contributed by atoms with Gasteiger partial charge in [-0.25, -0.2) is 4.39 Å². The minimum atomic E-state index is -0.473. The van der Waals surface area contributed by atoms with Gasteiger partial charge in [-0.3, -0.25) is 14.5 Å². The molecule has 1 aliphatic rings. The first kappa shape index (κ1) is 19.6.